The second-order valence-corrected chi connectivity index (χ2v) is 10.4. The monoisotopic (exact) mass is 626 g/mol. The second kappa shape index (κ2) is 14.5. The molecule has 3 aromatic rings. The van der Waals surface area contributed by atoms with Crippen LogP contribution in [0.1, 0.15) is 50.9 Å². The summed E-state index contributed by atoms with van der Waals surface area (Å²) in [4.78, 5) is 8.21. The molecule has 0 saturated heterocycles. The van der Waals surface area contributed by atoms with Gasteiger partial charge in [-0.15, -0.1) is 0 Å². The number of ether oxygens (including phenoxy) is 1. The van der Waals surface area contributed by atoms with E-state index in [2.05, 4.69) is 20.9 Å². The molecule has 1 aliphatic heterocycles. The van der Waals surface area contributed by atoms with E-state index in [0.29, 0.717) is 47.9 Å². The number of pyridine rings is 1. The van der Waals surface area contributed by atoms with E-state index >= 15 is 0 Å². The normalized spacial score (nSPS) is 14.4. The molecule has 0 saturated carbocycles. The van der Waals surface area contributed by atoms with Gasteiger partial charge in [-0.1, -0.05) is 25.1 Å². The number of anilines is 2. The summed E-state index contributed by atoms with van der Waals surface area (Å²) in [6, 6.07) is 11.6. The molecule has 1 aliphatic rings. The minimum Gasteiger partial charge on any atom is -0.494 e. The van der Waals surface area contributed by atoms with Gasteiger partial charge in [-0.3, -0.25) is 15.4 Å². The molecule has 0 amide bonds. The van der Waals surface area contributed by atoms with Gasteiger partial charge in [0.1, 0.15) is 23.1 Å². The molecule has 0 bridgehead atoms. The summed E-state index contributed by atoms with van der Waals surface area (Å²) in [5, 5.41) is 18.4. The number of hydrogen-bond acceptors (Lipinski definition) is 7. The molecule has 2 heterocycles. The molecule has 1 aromatic heterocycles. The SMILES string of the molecule is CCOc1cc(F)c(CNc2ccccc2C(=N)C(C)=NC2=C(C(Nc3ccnc(C(F)(F)F)c3)=C(C)CC)CNC2)c(F)c1. The van der Waals surface area contributed by atoms with Crippen molar-refractivity contribution in [1.82, 2.24) is 10.3 Å². The molecule has 0 unspecified atom stereocenters. The Labute approximate surface area is 258 Å². The van der Waals surface area contributed by atoms with E-state index < -0.39 is 23.5 Å². The Bertz CT molecular complexity index is 1640. The molecular formula is C33H35F5N6O. The minimum atomic E-state index is -4.58. The zero-order chi connectivity index (χ0) is 32.7. The van der Waals surface area contributed by atoms with Crippen molar-refractivity contribution < 1.29 is 26.7 Å². The quantitative estimate of drug-likeness (QED) is 0.121. The van der Waals surface area contributed by atoms with Crippen molar-refractivity contribution in [1.29, 1.82) is 5.41 Å². The first kappa shape index (κ1) is 33.3. The van der Waals surface area contributed by atoms with Crippen molar-refractivity contribution in [3.05, 3.63) is 106 Å². The first-order valence-electron chi connectivity index (χ1n) is 14.4. The molecule has 45 heavy (non-hydrogen) atoms. The molecule has 12 heteroatoms. The zero-order valence-electron chi connectivity index (χ0n) is 25.4. The summed E-state index contributed by atoms with van der Waals surface area (Å²) in [6.45, 7) is 8.19. The maximum absolute atomic E-state index is 14.7. The van der Waals surface area contributed by atoms with Crippen LogP contribution in [0, 0.1) is 17.0 Å². The van der Waals surface area contributed by atoms with E-state index in [4.69, 9.17) is 15.1 Å². The number of aliphatic imine (C=N–C) groups is 1. The lowest BCUT2D eigenvalue weighted by atomic mass is 10.0. The maximum Gasteiger partial charge on any atom is 0.433 e. The lowest BCUT2D eigenvalue weighted by molar-refractivity contribution is -0.141. The number of aromatic nitrogens is 1. The van der Waals surface area contributed by atoms with Gasteiger partial charge in [0.15, 0.2) is 0 Å². The summed E-state index contributed by atoms with van der Waals surface area (Å²) in [5.74, 6) is -1.38. The van der Waals surface area contributed by atoms with Crippen molar-refractivity contribution in [2.45, 2.75) is 46.8 Å². The number of allylic oxidation sites excluding steroid dienone is 1. The Morgan fingerprint density at radius 1 is 1.04 bits per heavy atom. The van der Waals surface area contributed by atoms with Crippen molar-refractivity contribution in [2.75, 3.05) is 30.3 Å². The van der Waals surface area contributed by atoms with E-state index in [1.165, 1.54) is 6.07 Å². The van der Waals surface area contributed by atoms with Crippen molar-refractivity contribution in [2.24, 2.45) is 4.99 Å². The molecule has 0 spiro atoms. The predicted molar refractivity (Wildman–Crippen MR) is 167 cm³/mol. The molecule has 0 fully saturated rings. The topological polar surface area (TPSA) is 94.4 Å². The van der Waals surface area contributed by atoms with Gasteiger partial charge in [-0.2, -0.15) is 13.2 Å². The second-order valence-electron chi connectivity index (χ2n) is 10.4. The molecule has 0 radical (unpaired) electrons. The average Bonchev–Trinajstić information content (AvgIpc) is 3.46. The van der Waals surface area contributed by atoms with E-state index in [1.54, 1.807) is 38.1 Å². The van der Waals surface area contributed by atoms with Crippen molar-refractivity contribution in [3.63, 3.8) is 0 Å². The third kappa shape index (κ3) is 8.13. The first-order chi connectivity index (χ1) is 21.4. The summed E-state index contributed by atoms with van der Waals surface area (Å²) >= 11 is 0. The molecule has 238 valence electrons. The Hall–Kier alpha value is -4.58. The van der Waals surface area contributed by atoms with Crippen LogP contribution in [0.25, 0.3) is 0 Å². The van der Waals surface area contributed by atoms with Gasteiger partial charge in [0, 0.05) is 71.7 Å². The maximum atomic E-state index is 14.7. The highest BCUT2D eigenvalue weighted by Gasteiger charge is 2.32. The standard InChI is InChI=1S/C33H35F5N6O/c1-5-19(3)32(44-21-11-12-41-30(13-21)33(36,37)38)25-16-40-18-29(25)43-20(4)31(39)23-9-7-8-10-28(23)42-17-24-26(34)14-22(45-6-2)15-27(24)35/h7-15,39-40,42H,5-6,16-18H2,1-4H3,(H,41,44). The number of halogens is 5. The van der Waals surface area contributed by atoms with Gasteiger partial charge in [-0.25, -0.2) is 8.78 Å². The molecule has 4 N–H and O–H groups in total. The predicted octanol–water partition coefficient (Wildman–Crippen LogP) is 7.87. The summed E-state index contributed by atoms with van der Waals surface area (Å²) in [7, 11) is 0. The number of benzene rings is 2. The van der Waals surface area contributed by atoms with E-state index in [0.717, 1.165) is 35.5 Å². The summed E-state index contributed by atoms with van der Waals surface area (Å²) in [6.07, 6.45) is -2.83. The average molecular weight is 627 g/mol. The van der Waals surface area contributed by atoms with Gasteiger partial charge >= 0.3 is 6.18 Å². The zero-order valence-corrected chi connectivity index (χ0v) is 25.4. The van der Waals surface area contributed by atoms with Crippen LogP contribution in [0.2, 0.25) is 0 Å². The lowest BCUT2D eigenvalue weighted by Gasteiger charge is -2.18. The highest BCUT2D eigenvalue weighted by atomic mass is 19.4. The van der Waals surface area contributed by atoms with E-state index in [-0.39, 0.29) is 35.9 Å². The number of para-hydroxylation sites is 1. The molecular weight excluding hydrogens is 591 g/mol. The third-order valence-electron chi connectivity index (χ3n) is 7.26. The van der Waals surface area contributed by atoms with Crippen LogP contribution in [0.5, 0.6) is 5.75 Å². The number of nitrogens with zero attached hydrogens (tertiary/aromatic N) is 2. The fourth-order valence-corrected chi connectivity index (χ4v) is 4.77. The fraction of sp³-hybridized carbons (Fsp3) is 0.303. The molecule has 2 aromatic carbocycles. The van der Waals surface area contributed by atoms with E-state index in [9.17, 15) is 22.0 Å². The third-order valence-corrected chi connectivity index (χ3v) is 7.26. The highest BCUT2D eigenvalue weighted by Crippen LogP contribution is 2.31. The molecule has 4 rings (SSSR count). The molecule has 0 atom stereocenters. The van der Waals surface area contributed by atoms with E-state index in [1.807, 2.05) is 13.8 Å². The van der Waals surface area contributed by atoms with Crippen LogP contribution in [-0.4, -0.2) is 36.1 Å². The number of rotatable bonds is 12. The highest BCUT2D eigenvalue weighted by molar-refractivity contribution is 6.47. The minimum absolute atomic E-state index is 0.0964. The van der Waals surface area contributed by atoms with Crippen LogP contribution in [0.3, 0.4) is 0 Å². The van der Waals surface area contributed by atoms with Gasteiger partial charge in [0.25, 0.3) is 0 Å². The Morgan fingerprint density at radius 2 is 1.76 bits per heavy atom. The van der Waals surface area contributed by atoms with Crippen LogP contribution in [0.15, 0.2) is 82.3 Å². The van der Waals surface area contributed by atoms with Gasteiger partial charge in [0.05, 0.1) is 23.7 Å². The van der Waals surface area contributed by atoms with Crippen LogP contribution < -0.4 is 20.7 Å². The van der Waals surface area contributed by atoms with Crippen LogP contribution in [-0.2, 0) is 12.7 Å². The first-order valence-corrected chi connectivity index (χ1v) is 14.4. The smallest absolute Gasteiger partial charge is 0.433 e. The fourth-order valence-electron chi connectivity index (χ4n) is 4.77. The van der Waals surface area contributed by atoms with Gasteiger partial charge < -0.3 is 20.7 Å². The molecule has 0 aliphatic carbocycles. The number of alkyl halides is 3. The molecule has 7 nitrogen and oxygen atoms in total. The lowest BCUT2D eigenvalue weighted by Crippen LogP contribution is -2.15. The van der Waals surface area contributed by atoms with Crippen LogP contribution >= 0.6 is 0 Å². The number of hydrogen-bond donors (Lipinski definition) is 4. The van der Waals surface area contributed by atoms with Gasteiger partial charge in [-0.05, 0) is 51.0 Å². The Balaban J connectivity index is 1.60. The Morgan fingerprint density at radius 3 is 2.42 bits per heavy atom. The van der Waals surface area contributed by atoms with Crippen molar-refractivity contribution >= 4 is 22.8 Å². The van der Waals surface area contributed by atoms with Crippen LogP contribution in [0.4, 0.5) is 33.3 Å². The summed E-state index contributed by atoms with van der Waals surface area (Å²) < 4.78 is 74.4. The number of nitrogens with one attached hydrogen (secondary N) is 4. The largest absolute Gasteiger partial charge is 0.494 e. The van der Waals surface area contributed by atoms with Crippen molar-refractivity contribution in [3.8, 4) is 5.75 Å². The summed E-state index contributed by atoms with van der Waals surface area (Å²) in [5.41, 5.74) is 3.53. The van der Waals surface area contributed by atoms with Gasteiger partial charge in [0.2, 0.25) is 0 Å². The Kier molecular flexibility index (Phi) is 10.7.